The molecule has 0 spiro atoms. The van der Waals surface area contributed by atoms with Crippen LogP contribution in [0, 0.1) is 0 Å². The molecule has 1 aromatic heterocycles. The van der Waals surface area contributed by atoms with E-state index in [4.69, 9.17) is 9.63 Å². The number of hydrogen-bond acceptors (Lipinski definition) is 4. The topological polar surface area (TPSA) is 66.6 Å². The van der Waals surface area contributed by atoms with Gasteiger partial charge in [-0.3, -0.25) is 4.90 Å². The molecule has 0 aliphatic carbocycles. The lowest BCUT2D eigenvalue weighted by atomic mass is 9.99. The molecular weight excluding hydrogens is 244 g/mol. The first kappa shape index (κ1) is 11.9. The summed E-state index contributed by atoms with van der Waals surface area (Å²) in [6.45, 7) is 2.31. The fourth-order valence-corrected chi connectivity index (χ4v) is 2.48. The van der Waals surface area contributed by atoms with Crippen LogP contribution in [-0.4, -0.2) is 27.7 Å². The third-order valence-corrected chi connectivity index (χ3v) is 3.44. The number of carbonyl (C=O) groups is 1. The molecule has 0 radical (unpaired) electrons. The minimum Gasteiger partial charge on any atom is -0.475 e. The first-order valence-corrected chi connectivity index (χ1v) is 6.20. The summed E-state index contributed by atoms with van der Waals surface area (Å²) in [7, 11) is 0. The second-order valence-electron chi connectivity index (χ2n) is 4.71. The molecule has 0 saturated carbocycles. The van der Waals surface area contributed by atoms with Crippen molar-refractivity contribution in [2.45, 2.75) is 19.5 Å². The summed E-state index contributed by atoms with van der Waals surface area (Å²) < 4.78 is 4.76. The standard InChI is InChI=1S/C14H14N2O3/c17-14(18)13-12(7-15-19-13)9-16-6-5-10-3-1-2-4-11(10)8-16/h1-4,7H,5-6,8-9H2,(H,17,18). The lowest BCUT2D eigenvalue weighted by molar-refractivity contribution is 0.0648. The minimum absolute atomic E-state index is 0.0566. The van der Waals surface area contributed by atoms with Crippen LogP contribution >= 0.6 is 0 Å². The first-order valence-electron chi connectivity index (χ1n) is 6.20. The number of aromatic carboxylic acids is 1. The van der Waals surface area contributed by atoms with Crippen LogP contribution in [-0.2, 0) is 19.5 Å². The minimum atomic E-state index is -1.06. The van der Waals surface area contributed by atoms with Crippen LogP contribution in [0.3, 0.4) is 0 Å². The highest BCUT2D eigenvalue weighted by Gasteiger charge is 2.21. The molecule has 2 aromatic rings. The van der Waals surface area contributed by atoms with E-state index in [0.717, 1.165) is 19.5 Å². The lowest BCUT2D eigenvalue weighted by Gasteiger charge is -2.28. The van der Waals surface area contributed by atoms with E-state index in [2.05, 4.69) is 28.3 Å². The second-order valence-corrected chi connectivity index (χ2v) is 4.71. The number of hydrogen-bond donors (Lipinski definition) is 1. The normalized spacial score (nSPS) is 15.2. The summed E-state index contributed by atoms with van der Waals surface area (Å²) in [5, 5.41) is 12.6. The molecule has 0 fully saturated rings. The Labute approximate surface area is 110 Å². The number of rotatable bonds is 3. The van der Waals surface area contributed by atoms with Gasteiger partial charge in [-0.25, -0.2) is 4.79 Å². The van der Waals surface area contributed by atoms with Gasteiger partial charge in [-0.1, -0.05) is 29.4 Å². The van der Waals surface area contributed by atoms with Crippen molar-refractivity contribution in [3.63, 3.8) is 0 Å². The maximum atomic E-state index is 11.0. The van der Waals surface area contributed by atoms with Crippen LogP contribution in [0.4, 0.5) is 0 Å². The molecule has 1 aromatic carbocycles. The lowest BCUT2D eigenvalue weighted by Crippen LogP contribution is -2.30. The predicted molar refractivity (Wildman–Crippen MR) is 67.7 cm³/mol. The molecule has 0 atom stereocenters. The molecule has 98 valence electrons. The van der Waals surface area contributed by atoms with Gasteiger partial charge in [0.15, 0.2) is 0 Å². The van der Waals surface area contributed by atoms with Crippen LogP contribution in [0.2, 0.25) is 0 Å². The Morgan fingerprint density at radius 3 is 2.95 bits per heavy atom. The van der Waals surface area contributed by atoms with E-state index in [9.17, 15) is 4.79 Å². The highest BCUT2D eigenvalue weighted by atomic mass is 16.5. The van der Waals surface area contributed by atoms with Gasteiger partial charge in [0.05, 0.1) is 6.20 Å². The molecule has 5 nitrogen and oxygen atoms in total. The van der Waals surface area contributed by atoms with Crippen molar-refractivity contribution in [1.29, 1.82) is 0 Å². The molecule has 0 unspecified atom stereocenters. The molecule has 2 heterocycles. The maximum absolute atomic E-state index is 11.0. The third-order valence-electron chi connectivity index (χ3n) is 3.44. The fourth-order valence-electron chi connectivity index (χ4n) is 2.48. The van der Waals surface area contributed by atoms with Crippen molar-refractivity contribution in [2.75, 3.05) is 6.54 Å². The summed E-state index contributed by atoms with van der Waals surface area (Å²) in [5.41, 5.74) is 3.32. The highest BCUT2D eigenvalue weighted by molar-refractivity contribution is 5.85. The maximum Gasteiger partial charge on any atom is 0.375 e. The van der Waals surface area contributed by atoms with E-state index in [0.29, 0.717) is 12.1 Å². The van der Waals surface area contributed by atoms with Gasteiger partial charge in [0.2, 0.25) is 5.76 Å². The van der Waals surface area contributed by atoms with Gasteiger partial charge >= 0.3 is 5.97 Å². The average Bonchev–Trinajstić information content (AvgIpc) is 2.87. The summed E-state index contributed by atoms with van der Waals surface area (Å²) in [5.74, 6) is -1.12. The predicted octanol–water partition coefficient (Wildman–Crippen LogP) is 1.93. The summed E-state index contributed by atoms with van der Waals surface area (Å²) in [6.07, 6.45) is 2.48. The molecule has 1 aliphatic heterocycles. The van der Waals surface area contributed by atoms with Crippen LogP contribution < -0.4 is 0 Å². The Morgan fingerprint density at radius 1 is 1.37 bits per heavy atom. The van der Waals surface area contributed by atoms with Gasteiger partial charge in [-0.05, 0) is 17.5 Å². The Hall–Kier alpha value is -2.14. The van der Waals surface area contributed by atoms with Crippen molar-refractivity contribution in [3.05, 3.63) is 52.9 Å². The van der Waals surface area contributed by atoms with E-state index in [1.54, 1.807) is 0 Å². The van der Waals surface area contributed by atoms with Crippen LogP contribution in [0.1, 0.15) is 27.2 Å². The molecule has 0 amide bonds. The molecule has 19 heavy (non-hydrogen) atoms. The zero-order chi connectivity index (χ0) is 13.2. The number of carboxylic acids is 1. The molecule has 1 aliphatic rings. The smallest absolute Gasteiger partial charge is 0.375 e. The monoisotopic (exact) mass is 258 g/mol. The van der Waals surface area contributed by atoms with Crippen molar-refractivity contribution in [3.8, 4) is 0 Å². The first-order chi connectivity index (χ1) is 9.24. The fraction of sp³-hybridized carbons (Fsp3) is 0.286. The zero-order valence-electron chi connectivity index (χ0n) is 10.4. The van der Waals surface area contributed by atoms with Gasteiger partial charge < -0.3 is 9.63 Å². The SMILES string of the molecule is O=C(O)c1oncc1CN1CCc2ccccc2C1. The highest BCUT2D eigenvalue weighted by Crippen LogP contribution is 2.21. The van der Waals surface area contributed by atoms with E-state index >= 15 is 0 Å². The molecular formula is C14H14N2O3. The molecule has 3 rings (SSSR count). The number of carboxylic acid groups (broad SMARTS) is 1. The number of benzene rings is 1. The average molecular weight is 258 g/mol. The largest absolute Gasteiger partial charge is 0.475 e. The van der Waals surface area contributed by atoms with Crippen molar-refractivity contribution in [2.24, 2.45) is 0 Å². The zero-order valence-corrected chi connectivity index (χ0v) is 10.4. The van der Waals surface area contributed by atoms with Crippen molar-refractivity contribution < 1.29 is 14.4 Å². The van der Waals surface area contributed by atoms with Crippen molar-refractivity contribution in [1.82, 2.24) is 10.1 Å². The van der Waals surface area contributed by atoms with Crippen molar-refractivity contribution >= 4 is 5.97 Å². The Balaban J connectivity index is 1.76. The van der Waals surface area contributed by atoms with Crippen LogP contribution in [0.5, 0.6) is 0 Å². The Morgan fingerprint density at radius 2 is 2.16 bits per heavy atom. The van der Waals surface area contributed by atoms with Gasteiger partial charge in [0.25, 0.3) is 0 Å². The summed E-state index contributed by atoms with van der Waals surface area (Å²) >= 11 is 0. The van der Waals surface area contributed by atoms with E-state index in [1.807, 2.05) is 6.07 Å². The van der Waals surface area contributed by atoms with Gasteiger partial charge in [-0.15, -0.1) is 0 Å². The van der Waals surface area contributed by atoms with Crippen LogP contribution in [0.15, 0.2) is 35.0 Å². The van der Waals surface area contributed by atoms with E-state index < -0.39 is 5.97 Å². The van der Waals surface area contributed by atoms with E-state index in [-0.39, 0.29) is 5.76 Å². The van der Waals surface area contributed by atoms with Gasteiger partial charge in [0.1, 0.15) is 0 Å². The summed E-state index contributed by atoms with van der Waals surface area (Å²) in [4.78, 5) is 13.2. The molecule has 0 bridgehead atoms. The summed E-state index contributed by atoms with van der Waals surface area (Å²) in [6, 6.07) is 8.35. The quantitative estimate of drug-likeness (QED) is 0.911. The van der Waals surface area contributed by atoms with Gasteiger partial charge in [0, 0.05) is 25.2 Å². The number of nitrogens with zero attached hydrogens (tertiary/aromatic N) is 2. The molecule has 0 saturated heterocycles. The van der Waals surface area contributed by atoms with Crippen LogP contribution in [0.25, 0.3) is 0 Å². The van der Waals surface area contributed by atoms with E-state index in [1.165, 1.54) is 17.3 Å². The molecule has 5 heteroatoms. The number of aromatic nitrogens is 1. The third kappa shape index (κ3) is 2.37. The second kappa shape index (κ2) is 4.85. The van der Waals surface area contributed by atoms with Gasteiger partial charge in [-0.2, -0.15) is 0 Å². The Kier molecular flexibility index (Phi) is 3.05. The Bertz CT molecular complexity index is 606. The molecule has 1 N–H and O–H groups in total. The number of fused-ring (bicyclic) bond motifs is 1.